The number of nitrogens with zero attached hydrogens (tertiary/aromatic N) is 1. The molecule has 2 aromatic heterocycles. The van der Waals surface area contributed by atoms with Crippen molar-refractivity contribution in [2.24, 2.45) is 0 Å². The molecule has 4 nitrogen and oxygen atoms in total. The molecule has 138 valence electrons. The number of ether oxygens (including phenoxy) is 1. The normalized spacial score (nSPS) is 12.5. The highest BCUT2D eigenvalue weighted by Gasteiger charge is 2.15. The van der Waals surface area contributed by atoms with E-state index in [2.05, 4.69) is 16.3 Å². The second-order valence-electron chi connectivity index (χ2n) is 6.20. The standard InChI is InChI=1S/C20H22ClNO3S/c1-15-10-17(6-7-20(15)21)25-14-16(23)11-22(12-18-4-2-8-24-18)13-19-5-3-9-26-19/h2-10,16,23H,11-14H2,1H3. The first kappa shape index (κ1) is 19.0. The van der Waals surface area contributed by atoms with Crippen LogP contribution in [0.1, 0.15) is 16.2 Å². The molecule has 26 heavy (non-hydrogen) atoms. The summed E-state index contributed by atoms with van der Waals surface area (Å²) in [5.74, 6) is 1.59. The molecule has 0 saturated carbocycles. The van der Waals surface area contributed by atoms with Gasteiger partial charge < -0.3 is 14.3 Å². The molecule has 0 aliphatic carbocycles. The number of halogens is 1. The molecule has 1 aromatic carbocycles. The SMILES string of the molecule is Cc1cc(OCC(O)CN(Cc2ccco2)Cc2cccs2)ccc1Cl. The largest absolute Gasteiger partial charge is 0.491 e. The summed E-state index contributed by atoms with van der Waals surface area (Å²) in [6.07, 6.45) is 1.06. The zero-order valence-electron chi connectivity index (χ0n) is 14.6. The van der Waals surface area contributed by atoms with Crippen LogP contribution in [-0.4, -0.2) is 29.3 Å². The van der Waals surface area contributed by atoms with E-state index in [1.807, 2.05) is 37.3 Å². The van der Waals surface area contributed by atoms with Crippen molar-refractivity contribution < 1.29 is 14.3 Å². The lowest BCUT2D eigenvalue weighted by atomic mass is 10.2. The summed E-state index contributed by atoms with van der Waals surface area (Å²) in [5.41, 5.74) is 0.954. The van der Waals surface area contributed by atoms with E-state index in [4.69, 9.17) is 20.8 Å². The van der Waals surface area contributed by atoms with E-state index in [-0.39, 0.29) is 6.61 Å². The molecule has 1 N–H and O–H groups in total. The summed E-state index contributed by atoms with van der Waals surface area (Å²) >= 11 is 7.73. The topological polar surface area (TPSA) is 45.8 Å². The van der Waals surface area contributed by atoms with Crippen molar-refractivity contribution in [1.29, 1.82) is 0 Å². The van der Waals surface area contributed by atoms with Crippen LogP contribution in [0.5, 0.6) is 5.75 Å². The average Bonchev–Trinajstić information content (AvgIpc) is 3.30. The first-order chi connectivity index (χ1) is 12.6. The lowest BCUT2D eigenvalue weighted by Crippen LogP contribution is -2.34. The maximum Gasteiger partial charge on any atom is 0.119 e. The molecule has 0 saturated heterocycles. The molecule has 1 unspecified atom stereocenters. The number of hydrogen-bond donors (Lipinski definition) is 1. The van der Waals surface area contributed by atoms with Crippen LogP contribution in [0.15, 0.2) is 58.5 Å². The quantitative estimate of drug-likeness (QED) is 0.572. The Kier molecular flexibility index (Phi) is 6.74. The maximum atomic E-state index is 10.4. The second-order valence-corrected chi connectivity index (χ2v) is 7.64. The number of aliphatic hydroxyl groups is 1. The minimum Gasteiger partial charge on any atom is -0.491 e. The zero-order valence-corrected chi connectivity index (χ0v) is 16.2. The van der Waals surface area contributed by atoms with Crippen molar-refractivity contribution in [1.82, 2.24) is 4.90 Å². The van der Waals surface area contributed by atoms with Crippen LogP contribution in [-0.2, 0) is 13.1 Å². The Morgan fingerprint density at radius 1 is 1.23 bits per heavy atom. The molecule has 2 heterocycles. The van der Waals surface area contributed by atoms with Crippen LogP contribution in [0.25, 0.3) is 0 Å². The molecule has 0 spiro atoms. The number of aryl methyl sites for hydroxylation is 1. The molecule has 0 amide bonds. The Morgan fingerprint density at radius 2 is 2.12 bits per heavy atom. The Balaban J connectivity index is 1.56. The van der Waals surface area contributed by atoms with Crippen molar-refractivity contribution in [2.75, 3.05) is 13.2 Å². The van der Waals surface area contributed by atoms with Gasteiger partial charge in [0.1, 0.15) is 24.2 Å². The first-order valence-electron chi connectivity index (χ1n) is 8.44. The van der Waals surface area contributed by atoms with E-state index in [0.29, 0.717) is 23.9 Å². The molecule has 0 aliphatic rings. The van der Waals surface area contributed by atoms with Gasteiger partial charge >= 0.3 is 0 Å². The minimum atomic E-state index is -0.610. The third-order valence-electron chi connectivity index (χ3n) is 3.96. The van der Waals surface area contributed by atoms with Crippen LogP contribution >= 0.6 is 22.9 Å². The van der Waals surface area contributed by atoms with Gasteiger partial charge in [0.2, 0.25) is 0 Å². The summed E-state index contributed by atoms with van der Waals surface area (Å²) in [7, 11) is 0. The van der Waals surface area contributed by atoms with Gasteiger partial charge in [0.15, 0.2) is 0 Å². The smallest absolute Gasteiger partial charge is 0.119 e. The molecule has 0 fully saturated rings. The highest BCUT2D eigenvalue weighted by atomic mass is 35.5. The molecular formula is C20H22ClNO3S. The van der Waals surface area contributed by atoms with Crippen LogP contribution < -0.4 is 4.74 Å². The van der Waals surface area contributed by atoms with E-state index < -0.39 is 6.10 Å². The Bertz CT molecular complexity index is 753. The third-order valence-corrected chi connectivity index (χ3v) is 5.25. The van der Waals surface area contributed by atoms with E-state index in [0.717, 1.165) is 17.9 Å². The monoisotopic (exact) mass is 391 g/mol. The van der Waals surface area contributed by atoms with Gasteiger partial charge in [0.05, 0.1) is 12.8 Å². The molecule has 0 bridgehead atoms. The van der Waals surface area contributed by atoms with Crippen LogP contribution in [0.4, 0.5) is 0 Å². The number of hydrogen-bond acceptors (Lipinski definition) is 5. The predicted molar refractivity (Wildman–Crippen MR) is 105 cm³/mol. The van der Waals surface area contributed by atoms with Crippen LogP contribution in [0, 0.1) is 6.92 Å². The molecule has 0 radical (unpaired) electrons. The minimum absolute atomic E-state index is 0.222. The number of aliphatic hydroxyl groups excluding tert-OH is 1. The van der Waals surface area contributed by atoms with Gasteiger partial charge in [0, 0.05) is 23.0 Å². The second kappa shape index (κ2) is 9.24. The molecule has 3 aromatic rings. The van der Waals surface area contributed by atoms with E-state index in [9.17, 15) is 5.11 Å². The molecule has 1 atom stereocenters. The number of benzene rings is 1. The predicted octanol–water partition coefficient (Wildman–Crippen LogP) is 4.75. The van der Waals surface area contributed by atoms with Crippen molar-refractivity contribution in [3.63, 3.8) is 0 Å². The van der Waals surface area contributed by atoms with Gasteiger partial charge in [-0.15, -0.1) is 11.3 Å². The first-order valence-corrected chi connectivity index (χ1v) is 9.70. The number of furan rings is 1. The highest BCUT2D eigenvalue weighted by Crippen LogP contribution is 2.21. The summed E-state index contributed by atoms with van der Waals surface area (Å²) in [5, 5.41) is 13.2. The van der Waals surface area contributed by atoms with Crippen molar-refractivity contribution in [2.45, 2.75) is 26.1 Å². The highest BCUT2D eigenvalue weighted by molar-refractivity contribution is 7.09. The molecule has 3 rings (SSSR count). The van der Waals surface area contributed by atoms with Gasteiger partial charge in [-0.25, -0.2) is 0 Å². The Morgan fingerprint density at radius 3 is 2.81 bits per heavy atom. The molecule has 6 heteroatoms. The van der Waals surface area contributed by atoms with Gasteiger partial charge in [-0.05, 0) is 54.3 Å². The van der Waals surface area contributed by atoms with Crippen molar-refractivity contribution >= 4 is 22.9 Å². The fraction of sp³-hybridized carbons (Fsp3) is 0.300. The number of rotatable bonds is 9. The van der Waals surface area contributed by atoms with Crippen LogP contribution in [0.3, 0.4) is 0 Å². The van der Waals surface area contributed by atoms with Gasteiger partial charge in [0.25, 0.3) is 0 Å². The van der Waals surface area contributed by atoms with Crippen LogP contribution in [0.2, 0.25) is 5.02 Å². The van der Waals surface area contributed by atoms with E-state index in [1.165, 1.54) is 4.88 Å². The van der Waals surface area contributed by atoms with Gasteiger partial charge in [-0.2, -0.15) is 0 Å². The summed E-state index contributed by atoms with van der Waals surface area (Å²) < 4.78 is 11.2. The summed E-state index contributed by atoms with van der Waals surface area (Å²) in [4.78, 5) is 3.41. The molecular weight excluding hydrogens is 370 g/mol. The fourth-order valence-electron chi connectivity index (χ4n) is 2.68. The average molecular weight is 392 g/mol. The fourth-order valence-corrected chi connectivity index (χ4v) is 3.54. The Labute approximate surface area is 162 Å². The number of thiophene rings is 1. The third kappa shape index (κ3) is 5.61. The Hall–Kier alpha value is -1.79. The lowest BCUT2D eigenvalue weighted by molar-refractivity contribution is 0.0608. The summed E-state index contributed by atoms with van der Waals surface area (Å²) in [6.45, 7) is 4.04. The molecule has 0 aliphatic heterocycles. The van der Waals surface area contributed by atoms with E-state index in [1.54, 1.807) is 23.7 Å². The lowest BCUT2D eigenvalue weighted by Gasteiger charge is -2.24. The van der Waals surface area contributed by atoms with Gasteiger partial charge in [-0.1, -0.05) is 17.7 Å². The van der Waals surface area contributed by atoms with Crippen molar-refractivity contribution in [3.05, 3.63) is 75.3 Å². The van der Waals surface area contributed by atoms with Crippen molar-refractivity contribution in [3.8, 4) is 5.75 Å². The zero-order chi connectivity index (χ0) is 18.4. The summed E-state index contributed by atoms with van der Waals surface area (Å²) in [6, 6.07) is 13.4. The van der Waals surface area contributed by atoms with Gasteiger partial charge in [-0.3, -0.25) is 4.90 Å². The van der Waals surface area contributed by atoms with E-state index >= 15 is 0 Å². The maximum absolute atomic E-state index is 10.4.